The van der Waals surface area contributed by atoms with E-state index in [1.165, 1.54) is 12.1 Å². The molecular formula is C24H32FN5O2S. The lowest BCUT2D eigenvalue weighted by molar-refractivity contribution is 0.0515. The molecule has 0 unspecified atom stereocenters. The number of methoxy groups -OCH3 is 1. The molecule has 0 amide bonds. The smallest absolute Gasteiger partial charge is 0.234 e. The monoisotopic (exact) mass is 473 g/mol. The Bertz CT molecular complexity index is 944. The number of nitrogens with one attached hydrogen (secondary N) is 2. The highest BCUT2D eigenvalue weighted by molar-refractivity contribution is 7.80. The van der Waals surface area contributed by atoms with Crippen molar-refractivity contribution in [2.75, 3.05) is 50.2 Å². The van der Waals surface area contributed by atoms with Gasteiger partial charge in [0.25, 0.3) is 0 Å². The first-order chi connectivity index (χ1) is 16.0. The summed E-state index contributed by atoms with van der Waals surface area (Å²) in [6, 6.07) is 8.60. The van der Waals surface area contributed by atoms with Crippen LogP contribution in [0.5, 0.6) is 5.88 Å². The summed E-state index contributed by atoms with van der Waals surface area (Å²) >= 11 is 5.57. The van der Waals surface area contributed by atoms with Crippen LogP contribution < -0.4 is 20.3 Å². The molecule has 0 radical (unpaired) electrons. The maximum Gasteiger partial charge on any atom is 0.234 e. The molecule has 0 saturated carbocycles. The standard InChI is InChI=1S/C24H32FN5O2S/c1-17-7-11-30(12-8-17)20-15-21(31-2)28-22(27-20)29-23(33)26-16-24(9-13-32-14-10-24)18-3-5-19(25)6-4-18/h3-6,15,17H,7-14,16H2,1-2H3,(H2,26,27,28,29,33). The number of hydrogen-bond donors (Lipinski definition) is 2. The van der Waals surface area contributed by atoms with E-state index in [-0.39, 0.29) is 11.2 Å². The third-order valence-electron chi connectivity index (χ3n) is 6.73. The summed E-state index contributed by atoms with van der Waals surface area (Å²) in [5, 5.41) is 6.90. The number of anilines is 2. The molecule has 4 rings (SSSR count). The van der Waals surface area contributed by atoms with Gasteiger partial charge >= 0.3 is 0 Å². The van der Waals surface area contributed by atoms with E-state index in [0.717, 1.165) is 56.1 Å². The van der Waals surface area contributed by atoms with Crippen molar-refractivity contribution in [2.24, 2.45) is 5.92 Å². The van der Waals surface area contributed by atoms with Crippen LogP contribution in [0.3, 0.4) is 0 Å². The molecule has 2 aliphatic heterocycles. The van der Waals surface area contributed by atoms with Gasteiger partial charge in [0.15, 0.2) is 5.11 Å². The van der Waals surface area contributed by atoms with Crippen LogP contribution in [0.1, 0.15) is 38.2 Å². The molecule has 0 bridgehead atoms. The molecule has 2 aliphatic rings. The predicted molar refractivity (Wildman–Crippen MR) is 132 cm³/mol. The van der Waals surface area contributed by atoms with Gasteiger partial charge in [-0.1, -0.05) is 19.1 Å². The lowest BCUT2D eigenvalue weighted by Gasteiger charge is -2.38. The summed E-state index contributed by atoms with van der Waals surface area (Å²) in [4.78, 5) is 11.4. The number of aromatic nitrogens is 2. The first-order valence-corrected chi connectivity index (χ1v) is 11.9. The van der Waals surface area contributed by atoms with Crippen LogP contribution in [0.15, 0.2) is 30.3 Å². The van der Waals surface area contributed by atoms with E-state index in [9.17, 15) is 4.39 Å². The van der Waals surface area contributed by atoms with Crippen molar-refractivity contribution in [1.82, 2.24) is 15.3 Å². The Morgan fingerprint density at radius 3 is 2.58 bits per heavy atom. The molecule has 3 heterocycles. The summed E-state index contributed by atoms with van der Waals surface area (Å²) in [7, 11) is 1.60. The predicted octanol–water partition coefficient (Wildman–Crippen LogP) is 3.90. The van der Waals surface area contributed by atoms with Gasteiger partial charge in [0.05, 0.1) is 7.11 Å². The summed E-state index contributed by atoms with van der Waals surface area (Å²) in [5.41, 5.74) is 0.907. The van der Waals surface area contributed by atoms with E-state index in [4.69, 9.17) is 21.7 Å². The van der Waals surface area contributed by atoms with Crippen LogP contribution >= 0.6 is 12.2 Å². The number of piperidine rings is 1. The Morgan fingerprint density at radius 2 is 1.91 bits per heavy atom. The molecular weight excluding hydrogens is 441 g/mol. The van der Waals surface area contributed by atoms with Crippen LogP contribution in [0.2, 0.25) is 0 Å². The Morgan fingerprint density at radius 1 is 1.21 bits per heavy atom. The number of thiocarbonyl (C=S) groups is 1. The Kier molecular flexibility index (Phi) is 7.60. The zero-order valence-corrected chi connectivity index (χ0v) is 20.1. The average molecular weight is 474 g/mol. The van der Waals surface area contributed by atoms with Crippen molar-refractivity contribution < 1.29 is 13.9 Å². The first kappa shape index (κ1) is 23.6. The second kappa shape index (κ2) is 10.6. The van der Waals surface area contributed by atoms with E-state index < -0.39 is 0 Å². The third-order valence-corrected chi connectivity index (χ3v) is 6.97. The summed E-state index contributed by atoms with van der Waals surface area (Å²) in [5.74, 6) is 2.24. The third kappa shape index (κ3) is 5.89. The molecule has 9 heteroatoms. The summed E-state index contributed by atoms with van der Waals surface area (Å²) in [6.45, 7) is 6.14. The zero-order valence-electron chi connectivity index (χ0n) is 19.3. The number of hydrogen-bond acceptors (Lipinski definition) is 6. The Hall–Kier alpha value is -2.52. The molecule has 178 valence electrons. The minimum absolute atomic E-state index is 0.178. The van der Waals surface area contributed by atoms with Gasteiger partial charge in [0, 0.05) is 44.3 Å². The minimum Gasteiger partial charge on any atom is -0.481 e. The molecule has 1 aromatic carbocycles. The summed E-state index contributed by atoms with van der Waals surface area (Å²) < 4.78 is 24.5. The molecule has 2 saturated heterocycles. The van der Waals surface area contributed by atoms with Gasteiger partial charge in [-0.2, -0.15) is 9.97 Å². The van der Waals surface area contributed by atoms with Gasteiger partial charge in [-0.05, 0) is 61.5 Å². The van der Waals surface area contributed by atoms with Crippen LogP contribution in [0.25, 0.3) is 0 Å². The van der Waals surface area contributed by atoms with Gasteiger partial charge < -0.3 is 25.0 Å². The lowest BCUT2D eigenvalue weighted by Crippen LogP contribution is -2.45. The van der Waals surface area contributed by atoms with Crippen molar-refractivity contribution in [3.8, 4) is 5.88 Å². The normalized spacial score (nSPS) is 18.6. The molecule has 0 aliphatic carbocycles. The fourth-order valence-electron chi connectivity index (χ4n) is 4.50. The van der Waals surface area contributed by atoms with Gasteiger partial charge in [0.2, 0.25) is 11.8 Å². The van der Waals surface area contributed by atoms with E-state index in [1.807, 2.05) is 18.2 Å². The van der Waals surface area contributed by atoms with Gasteiger partial charge in [-0.15, -0.1) is 0 Å². The van der Waals surface area contributed by atoms with Gasteiger partial charge in [0.1, 0.15) is 11.6 Å². The van der Waals surface area contributed by atoms with Crippen LogP contribution in [-0.4, -0.2) is 55.0 Å². The van der Waals surface area contributed by atoms with Gasteiger partial charge in [-0.25, -0.2) is 4.39 Å². The topological polar surface area (TPSA) is 71.5 Å². The highest BCUT2D eigenvalue weighted by atomic mass is 32.1. The van der Waals surface area contributed by atoms with E-state index in [1.54, 1.807) is 7.11 Å². The van der Waals surface area contributed by atoms with Crippen molar-refractivity contribution >= 4 is 29.1 Å². The SMILES string of the molecule is COc1cc(N2CCC(C)CC2)nc(NC(=S)NCC2(c3ccc(F)cc3)CCOCC2)n1. The fraction of sp³-hybridized carbons (Fsp3) is 0.542. The molecule has 33 heavy (non-hydrogen) atoms. The lowest BCUT2D eigenvalue weighted by atomic mass is 9.74. The van der Waals surface area contributed by atoms with Crippen LogP contribution in [-0.2, 0) is 10.2 Å². The number of nitrogens with zero attached hydrogens (tertiary/aromatic N) is 3. The van der Waals surface area contributed by atoms with Gasteiger partial charge in [-0.3, -0.25) is 0 Å². The van der Waals surface area contributed by atoms with E-state index >= 15 is 0 Å². The maximum atomic E-state index is 13.5. The first-order valence-electron chi connectivity index (χ1n) is 11.5. The highest BCUT2D eigenvalue weighted by Gasteiger charge is 2.34. The van der Waals surface area contributed by atoms with Crippen LogP contribution in [0, 0.1) is 11.7 Å². The van der Waals surface area contributed by atoms with Crippen LogP contribution in [0.4, 0.5) is 16.2 Å². The van der Waals surface area contributed by atoms with Crippen molar-refractivity contribution in [2.45, 2.75) is 38.0 Å². The number of benzene rings is 1. The van der Waals surface area contributed by atoms with Crippen molar-refractivity contribution in [1.29, 1.82) is 0 Å². The highest BCUT2D eigenvalue weighted by Crippen LogP contribution is 2.34. The fourth-order valence-corrected chi connectivity index (χ4v) is 4.66. The van der Waals surface area contributed by atoms with Crippen molar-refractivity contribution in [3.05, 3.63) is 41.7 Å². The number of rotatable bonds is 6. The quantitative estimate of drug-likeness (QED) is 0.613. The summed E-state index contributed by atoms with van der Waals surface area (Å²) in [6.07, 6.45) is 3.96. The number of halogens is 1. The molecule has 2 N–H and O–H groups in total. The van der Waals surface area contributed by atoms with Crippen molar-refractivity contribution in [3.63, 3.8) is 0 Å². The number of ether oxygens (including phenoxy) is 2. The Balaban J connectivity index is 1.44. The molecule has 0 spiro atoms. The van der Waals surface area contributed by atoms with E-state index in [0.29, 0.717) is 36.7 Å². The molecule has 2 aromatic rings. The molecule has 7 nitrogen and oxygen atoms in total. The zero-order chi connectivity index (χ0) is 23.3. The maximum absolute atomic E-state index is 13.5. The van der Waals surface area contributed by atoms with E-state index in [2.05, 4.69) is 32.4 Å². The molecule has 2 fully saturated rings. The molecule has 0 atom stereocenters. The second-order valence-corrected chi connectivity index (χ2v) is 9.38. The molecule has 1 aromatic heterocycles. The minimum atomic E-state index is -0.236. The second-order valence-electron chi connectivity index (χ2n) is 8.97. The Labute approximate surface area is 200 Å². The average Bonchev–Trinajstić information content (AvgIpc) is 2.84. The largest absolute Gasteiger partial charge is 0.481 e.